The van der Waals surface area contributed by atoms with Gasteiger partial charge in [0, 0.05) is 13.0 Å². The van der Waals surface area contributed by atoms with E-state index < -0.39 is 12.1 Å². The van der Waals surface area contributed by atoms with Gasteiger partial charge in [0.1, 0.15) is 6.61 Å². The van der Waals surface area contributed by atoms with Gasteiger partial charge in [0.15, 0.2) is 6.10 Å². The molecule has 156 valence electrons. The standard InChI is InChI=1S/C24H31NO4/c1-6-28-22(23(26)27)15-19-8-7-9-20(14-19)17(2)25-29-16-18-10-12-21(13-11-18)24(3,4)5/h7-14,22H,6,15-16H2,1-5H3,(H,26,27)/b25-17+/t22-/m1/s1. The molecule has 0 aliphatic rings. The summed E-state index contributed by atoms with van der Waals surface area (Å²) in [6, 6.07) is 16.0. The van der Waals surface area contributed by atoms with Gasteiger partial charge >= 0.3 is 5.97 Å². The van der Waals surface area contributed by atoms with Gasteiger partial charge < -0.3 is 14.7 Å². The minimum absolute atomic E-state index is 0.126. The van der Waals surface area contributed by atoms with Crippen LogP contribution in [0, 0.1) is 0 Å². The number of hydrogen-bond acceptors (Lipinski definition) is 4. The lowest BCUT2D eigenvalue weighted by Crippen LogP contribution is -2.26. The van der Waals surface area contributed by atoms with Crippen LogP contribution in [0.3, 0.4) is 0 Å². The number of carbonyl (C=O) groups is 1. The molecule has 0 radical (unpaired) electrons. The van der Waals surface area contributed by atoms with E-state index in [2.05, 4.69) is 50.2 Å². The average molecular weight is 398 g/mol. The number of oxime groups is 1. The van der Waals surface area contributed by atoms with E-state index in [1.54, 1.807) is 6.92 Å². The largest absolute Gasteiger partial charge is 0.479 e. The first kappa shape index (κ1) is 22.6. The second-order valence-corrected chi connectivity index (χ2v) is 8.08. The van der Waals surface area contributed by atoms with Crippen molar-refractivity contribution in [1.29, 1.82) is 0 Å². The summed E-state index contributed by atoms with van der Waals surface area (Å²) in [5.74, 6) is -0.955. The van der Waals surface area contributed by atoms with Crippen molar-refractivity contribution in [3.05, 3.63) is 70.8 Å². The van der Waals surface area contributed by atoms with Crippen molar-refractivity contribution in [3.8, 4) is 0 Å². The summed E-state index contributed by atoms with van der Waals surface area (Å²) >= 11 is 0. The molecule has 0 saturated heterocycles. The van der Waals surface area contributed by atoms with E-state index in [9.17, 15) is 9.90 Å². The first-order chi connectivity index (χ1) is 13.7. The van der Waals surface area contributed by atoms with Crippen LogP contribution in [0.5, 0.6) is 0 Å². The third kappa shape index (κ3) is 7.02. The molecule has 5 nitrogen and oxygen atoms in total. The topological polar surface area (TPSA) is 68.1 Å². The zero-order valence-electron chi connectivity index (χ0n) is 17.9. The fraction of sp³-hybridized carbons (Fsp3) is 0.417. The summed E-state index contributed by atoms with van der Waals surface area (Å²) < 4.78 is 5.30. The Morgan fingerprint density at radius 3 is 2.38 bits per heavy atom. The van der Waals surface area contributed by atoms with E-state index in [0.29, 0.717) is 19.6 Å². The first-order valence-electron chi connectivity index (χ1n) is 9.90. The van der Waals surface area contributed by atoms with Crippen LogP contribution in [0.1, 0.15) is 56.9 Å². The SMILES string of the molecule is CCO[C@H](Cc1cccc(/C(C)=N/OCc2ccc(C(C)(C)C)cc2)c1)C(=O)O. The van der Waals surface area contributed by atoms with Crippen LogP contribution < -0.4 is 0 Å². The Labute approximate surface area is 173 Å². The van der Waals surface area contributed by atoms with Gasteiger partial charge in [0.2, 0.25) is 0 Å². The molecule has 2 aromatic carbocycles. The highest BCUT2D eigenvalue weighted by Crippen LogP contribution is 2.22. The Balaban J connectivity index is 2.00. The van der Waals surface area contributed by atoms with Gasteiger partial charge in [-0.1, -0.05) is 68.4 Å². The number of nitrogens with zero attached hydrogens (tertiary/aromatic N) is 1. The van der Waals surface area contributed by atoms with Crippen LogP contribution in [0.2, 0.25) is 0 Å². The molecule has 1 atom stereocenters. The summed E-state index contributed by atoms with van der Waals surface area (Å²) in [5, 5.41) is 13.5. The second-order valence-electron chi connectivity index (χ2n) is 8.08. The monoisotopic (exact) mass is 397 g/mol. The van der Waals surface area contributed by atoms with Crippen LogP contribution in [0.15, 0.2) is 53.7 Å². The maximum absolute atomic E-state index is 11.3. The molecule has 0 amide bonds. The Morgan fingerprint density at radius 2 is 1.79 bits per heavy atom. The molecule has 29 heavy (non-hydrogen) atoms. The van der Waals surface area contributed by atoms with Gasteiger partial charge in [-0.25, -0.2) is 4.79 Å². The van der Waals surface area contributed by atoms with E-state index in [1.807, 2.05) is 31.2 Å². The summed E-state index contributed by atoms with van der Waals surface area (Å²) in [6.45, 7) is 11.0. The predicted octanol–water partition coefficient (Wildman–Crippen LogP) is 4.96. The Bertz CT molecular complexity index is 835. The molecular formula is C24H31NO4. The molecule has 0 aromatic heterocycles. The van der Waals surface area contributed by atoms with Crippen LogP contribution >= 0.6 is 0 Å². The quantitative estimate of drug-likeness (QED) is 0.480. The molecule has 0 bridgehead atoms. The van der Waals surface area contributed by atoms with Crippen LogP contribution in [-0.4, -0.2) is 29.5 Å². The number of ether oxygens (including phenoxy) is 1. The van der Waals surface area contributed by atoms with Crippen molar-refractivity contribution in [2.45, 2.75) is 59.2 Å². The number of rotatable bonds is 9. The summed E-state index contributed by atoms with van der Waals surface area (Å²) in [7, 11) is 0. The number of carboxylic acids is 1. The van der Waals surface area contributed by atoms with Crippen molar-refractivity contribution in [3.63, 3.8) is 0 Å². The zero-order chi connectivity index (χ0) is 21.4. The van der Waals surface area contributed by atoms with Crippen molar-refractivity contribution >= 4 is 11.7 Å². The number of benzene rings is 2. The number of hydrogen-bond donors (Lipinski definition) is 1. The van der Waals surface area contributed by atoms with Crippen LogP contribution in [0.25, 0.3) is 0 Å². The Kier molecular flexibility index (Phi) is 7.97. The van der Waals surface area contributed by atoms with Gasteiger partial charge in [0.05, 0.1) is 5.71 Å². The van der Waals surface area contributed by atoms with Crippen molar-refractivity contribution < 1.29 is 19.5 Å². The number of aliphatic carboxylic acids is 1. The van der Waals surface area contributed by atoms with Gasteiger partial charge in [-0.05, 0) is 47.6 Å². The van der Waals surface area contributed by atoms with Gasteiger partial charge in [-0.15, -0.1) is 0 Å². The summed E-state index contributed by atoms with van der Waals surface area (Å²) in [5.41, 5.74) is 4.98. The fourth-order valence-electron chi connectivity index (χ4n) is 2.91. The lowest BCUT2D eigenvalue weighted by Gasteiger charge is -2.19. The molecule has 0 spiro atoms. The average Bonchev–Trinajstić information content (AvgIpc) is 2.67. The summed E-state index contributed by atoms with van der Waals surface area (Å²) in [6.07, 6.45) is -0.537. The lowest BCUT2D eigenvalue weighted by atomic mass is 9.87. The van der Waals surface area contributed by atoms with Crippen LogP contribution in [0.4, 0.5) is 0 Å². The molecule has 0 saturated carbocycles. The minimum Gasteiger partial charge on any atom is -0.479 e. The normalized spacial score (nSPS) is 13.2. The van der Waals surface area contributed by atoms with E-state index in [1.165, 1.54) is 5.56 Å². The third-order valence-electron chi connectivity index (χ3n) is 4.66. The Hall–Kier alpha value is -2.66. The molecule has 1 N–H and O–H groups in total. The van der Waals surface area contributed by atoms with Gasteiger partial charge in [-0.3, -0.25) is 0 Å². The number of carboxylic acid groups (broad SMARTS) is 1. The van der Waals surface area contributed by atoms with Crippen molar-refractivity contribution in [2.24, 2.45) is 5.16 Å². The predicted molar refractivity (Wildman–Crippen MR) is 115 cm³/mol. The highest BCUT2D eigenvalue weighted by Gasteiger charge is 2.18. The minimum atomic E-state index is -0.955. The van der Waals surface area contributed by atoms with E-state index in [4.69, 9.17) is 9.57 Å². The molecule has 5 heteroatoms. The third-order valence-corrected chi connectivity index (χ3v) is 4.66. The fourth-order valence-corrected chi connectivity index (χ4v) is 2.91. The molecule has 0 heterocycles. The highest BCUT2D eigenvalue weighted by atomic mass is 16.6. The zero-order valence-corrected chi connectivity index (χ0v) is 17.9. The van der Waals surface area contributed by atoms with Crippen molar-refractivity contribution in [1.82, 2.24) is 0 Å². The Morgan fingerprint density at radius 1 is 1.10 bits per heavy atom. The van der Waals surface area contributed by atoms with E-state index in [-0.39, 0.29) is 5.41 Å². The lowest BCUT2D eigenvalue weighted by molar-refractivity contribution is -0.149. The molecule has 0 unspecified atom stereocenters. The molecule has 2 aromatic rings. The van der Waals surface area contributed by atoms with Crippen LogP contribution in [-0.2, 0) is 32.8 Å². The molecule has 0 aliphatic carbocycles. The first-order valence-corrected chi connectivity index (χ1v) is 9.90. The van der Waals surface area contributed by atoms with Crippen molar-refractivity contribution in [2.75, 3.05) is 6.61 Å². The second kappa shape index (κ2) is 10.2. The molecule has 2 rings (SSSR count). The molecule has 0 aliphatic heterocycles. The maximum Gasteiger partial charge on any atom is 0.333 e. The smallest absolute Gasteiger partial charge is 0.333 e. The maximum atomic E-state index is 11.3. The van der Waals surface area contributed by atoms with E-state index >= 15 is 0 Å². The highest BCUT2D eigenvalue weighted by molar-refractivity contribution is 5.98. The summed E-state index contributed by atoms with van der Waals surface area (Å²) in [4.78, 5) is 16.8. The van der Waals surface area contributed by atoms with Gasteiger partial charge in [0.25, 0.3) is 0 Å². The molecule has 0 fully saturated rings. The van der Waals surface area contributed by atoms with Gasteiger partial charge in [-0.2, -0.15) is 0 Å². The van der Waals surface area contributed by atoms with E-state index in [0.717, 1.165) is 22.4 Å². The molecular weight excluding hydrogens is 366 g/mol.